The van der Waals surface area contributed by atoms with Crippen molar-refractivity contribution in [1.29, 1.82) is 0 Å². The maximum absolute atomic E-state index is 10.9. The predicted octanol–water partition coefficient (Wildman–Crippen LogP) is 1.27. The standard InChI is InChI=1S/C7H10ClNO/c1-5(8)4-9-7(10)6-2-3-6/h6H,1-4H2,(H,9,10). The van der Waals surface area contributed by atoms with Crippen LogP contribution in [0.2, 0.25) is 0 Å². The van der Waals surface area contributed by atoms with Gasteiger partial charge in [0.25, 0.3) is 0 Å². The van der Waals surface area contributed by atoms with Crippen LogP contribution in [-0.4, -0.2) is 12.5 Å². The Morgan fingerprint density at radius 3 is 2.70 bits per heavy atom. The van der Waals surface area contributed by atoms with E-state index in [0.29, 0.717) is 11.6 Å². The van der Waals surface area contributed by atoms with Crippen LogP contribution in [0.5, 0.6) is 0 Å². The zero-order chi connectivity index (χ0) is 7.56. The molecule has 0 aromatic heterocycles. The van der Waals surface area contributed by atoms with Crippen LogP contribution in [0.4, 0.5) is 0 Å². The van der Waals surface area contributed by atoms with Crippen molar-refractivity contribution in [1.82, 2.24) is 5.32 Å². The van der Waals surface area contributed by atoms with Gasteiger partial charge in [0.15, 0.2) is 0 Å². The van der Waals surface area contributed by atoms with Crippen LogP contribution in [0, 0.1) is 5.92 Å². The van der Waals surface area contributed by atoms with Gasteiger partial charge < -0.3 is 5.32 Å². The predicted molar refractivity (Wildman–Crippen MR) is 40.7 cm³/mol. The van der Waals surface area contributed by atoms with Gasteiger partial charge in [-0.05, 0) is 12.8 Å². The van der Waals surface area contributed by atoms with Gasteiger partial charge in [-0.2, -0.15) is 0 Å². The van der Waals surface area contributed by atoms with E-state index in [2.05, 4.69) is 11.9 Å². The summed E-state index contributed by atoms with van der Waals surface area (Å²) in [5.74, 6) is 0.373. The van der Waals surface area contributed by atoms with Crippen LogP contribution in [0.25, 0.3) is 0 Å². The van der Waals surface area contributed by atoms with E-state index >= 15 is 0 Å². The molecule has 10 heavy (non-hydrogen) atoms. The zero-order valence-electron chi connectivity index (χ0n) is 5.69. The van der Waals surface area contributed by atoms with E-state index in [1.54, 1.807) is 0 Å². The van der Waals surface area contributed by atoms with E-state index in [-0.39, 0.29) is 11.8 Å². The zero-order valence-corrected chi connectivity index (χ0v) is 6.45. The van der Waals surface area contributed by atoms with Crippen LogP contribution in [0.15, 0.2) is 11.6 Å². The number of hydrogen-bond acceptors (Lipinski definition) is 1. The maximum Gasteiger partial charge on any atom is 0.223 e. The van der Waals surface area contributed by atoms with Crippen LogP contribution < -0.4 is 5.32 Å². The molecule has 1 amide bonds. The number of amides is 1. The van der Waals surface area contributed by atoms with Crippen molar-refractivity contribution in [2.24, 2.45) is 5.92 Å². The first-order chi connectivity index (χ1) is 4.70. The molecule has 0 bridgehead atoms. The second kappa shape index (κ2) is 3.06. The fourth-order valence-corrected chi connectivity index (χ4v) is 0.740. The summed E-state index contributed by atoms with van der Waals surface area (Å²) >= 11 is 5.44. The normalized spacial score (nSPS) is 16.5. The number of halogens is 1. The van der Waals surface area contributed by atoms with Gasteiger partial charge >= 0.3 is 0 Å². The summed E-state index contributed by atoms with van der Waals surface area (Å²) in [5.41, 5.74) is 0. The number of nitrogens with one attached hydrogen (secondary N) is 1. The minimum absolute atomic E-state index is 0.113. The van der Waals surface area contributed by atoms with Gasteiger partial charge in [-0.25, -0.2) is 0 Å². The molecule has 1 saturated carbocycles. The van der Waals surface area contributed by atoms with Crippen LogP contribution in [0.1, 0.15) is 12.8 Å². The van der Waals surface area contributed by atoms with E-state index in [1.165, 1.54) is 0 Å². The summed E-state index contributed by atoms with van der Waals surface area (Å²) < 4.78 is 0. The third-order valence-electron chi connectivity index (χ3n) is 1.40. The molecule has 0 aromatic rings. The summed E-state index contributed by atoms with van der Waals surface area (Å²) in [6.07, 6.45) is 2.06. The van der Waals surface area contributed by atoms with Gasteiger partial charge in [-0.1, -0.05) is 18.2 Å². The molecule has 0 atom stereocenters. The van der Waals surface area contributed by atoms with Gasteiger partial charge in [0.1, 0.15) is 0 Å². The van der Waals surface area contributed by atoms with E-state index in [0.717, 1.165) is 12.8 Å². The Balaban J connectivity index is 2.12. The van der Waals surface area contributed by atoms with Crippen molar-refractivity contribution in [3.05, 3.63) is 11.6 Å². The van der Waals surface area contributed by atoms with E-state index in [1.807, 2.05) is 0 Å². The highest BCUT2D eigenvalue weighted by Crippen LogP contribution is 2.28. The summed E-state index contributed by atoms with van der Waals surface area (Å²) in [4.78, 5) is 10.9. The molecule has 0 saturated heterocycles. The van der Waals surface area contributed by atoms with Crippen molar-refractivity contribution in [2.75, 3.05) is 6.54 Å². The molecular formula is C7H10ClNO. The average molecular weight is 160 g/mol. The van der Waals surface area contributed by atoms with Gasteiger partial charge in [0.05, 0.1) is 6.54 Å². The first kappa shape index (κ1) is 7.61. The minimum Gasteiger partial charge on any atom is -0.351 e. The Labute approximate surface area is 65.2 Å². The average Bonchev–Trinajstić information content (AvgIpc) is 2.63. The van der Waals surface area contributed by atoms with Crippen LogP contribution in [0.3, 0.4) is 0 Å². The van der Waals surface area contributed by atoms with E-state index in [4.69, 9.17) is 11.6 Å². The van der Waals surface area contributed by atoms with Crippen molar-refractivity contribution < 1.29 is 4.79 Å². The lowest BCUT2D eigenvalue weighted by molar-refractivity contribution is -0.122. The number of carbonyl (C=O) groups is 1. The van der Waals surface area contributed by atoms with Crippen LogP contribution >= 0.6 is 11.6 Å². The van der Waals surface area contributed by atoms with Gasteiger partial charge in [-0.15, -0.1) is 0 Å². The molecule has 0 radical (unpaired) electrons. The minimum atomic E-state index is 0.113. The Kier molecular flexibility index (Phi) is 2.33. The summed E-state index contributed by atoms with van der Waals surface area (Å²) in [7, 11) is 0. The number of carbonyl (C=O) groups excluding carboxylic acids is 1. The Morgan fingerprint density at radius 2 is 2.30 bits per heavy atom. The molecule has 1 rings (SSSR count). The smallest absolute Gasteiger partial charge is 0.223 e. The quantitative estimate of drug-likeness (QED) is 0.660. The highest BCUT2D eigenvalue weighted by atomic mass is 35.5. The highest BCUT2D eigenvalue weighted by molar-refractivity contribution is 6.29. The Hall–Kier alpha value is -0.500. The van der Waals surface area contributed by atoms with Crippen molar-refractivity contribution in [3.63, 3.8) is 0 Å². The molecule has 0 spiro atoms. The first-order valence-electron chi connectivity index (χ1n) is 3.31. The molecule has 56 valence electrons. The molecule has 1 N–H and O–H groups in total. The molecule has 2 nitrogen and oxygen atoms in total. The van der Waals surface area contributed by atoms with Crippen LogP contribution in [-0.2, 0) is 4.79 Å². The van der Waals surface area contributed by atoms with E-state index < -0.39 is 0 Å². The Morgan fingerprint density at radius 1 is 1.70 bits per heavy atom. The molecule has 0 aliphatic heterocycles. The molecule has 1 aliphatic rings. The summed E-state index contributed by atoms with van der Waals surface area (Å²) in [6, 6.07) is 0. The lowest BCUT2D eigenvalue weighted by Crippen LogP contribution is -2.25. The second-order valence-corrected chi connectivity index (χ2v) is 3.04. The molecule has 1 fully saturated rings. The van der Waals surface area contributed by atoms with E-state index in [9.17, 15) is 4.79 Å². The molecule has 1 aliphatic carbocycles. The summed E-state index contributed by atoms with van der Waals surface area (Å²) in [6.45, 7) is 3.86. The Bertz CT molecular complexity index is 163. The van der Waals surface area contributed by atoms with Gasteiger partial charge in [0.2, 0.25) is 5.91 Å². The second-order valence-electron chi connectivity index (χ2n) is 2.51. The molecule has 0 unspecified atom stereocenters. The largest absolute Gasteiger partial charge is 0.351 e. The molecule has 3 heteroatoms. The molecular weight excluding hydrogens is 150 g/mol. The summed E-state index contributed by atoms with van der Waals surface area (Å²) in [5, 5.41) is 3.15. The first-order valence-corrected chi connectivity index (χ1v) is 3.69. The van der Waals surface area contributed by atoms with Gasteiger partial charge in [0, 0.05) is 11.0 Å². The number of rotatable bonds is 3. The highest BCUT2D eigenvalue weighted by Gasteiger charge is 2.28. The third-order valence-corrected chi connectivity index (χ3v) is 1.54. The molecule has 0 aromatic carbocycles. The maximum atomic E-state index is 10.9. The lowest BCUT2D eigenvalue weighted by atomic mass is 10.4. The SMILES string of the molecule is C=C(Cl)CNC(=O)C1CC1. The van der Waals surface area contributed by atoms with Gasteiger partial charge in [-0.3, -0.25) is 4.79 Å². The lowest BCUT2D eigenvalue weighted by Gasteiger charge is -1.99. The monoisotopic (exact) mass is 159 g/mol. The molecule has 0 heterocycles. The fraction of sp³-hybridized carbons (Fsp3) is 0.571. The topological polar surface area (TPSA) is 29.1 Å². The third kappa shape index (κ3) is 2.40. The van der Waals surface area contributed by atoms with Crippen molar-refractivity contribution in [3.8, 4) is 0 Å². The van der Waals surface area contributed by atoms with Crippen molar-refractivity contribution in [2.45, 2.75) is 12.8 Å². The fourth-order valence-electron chi connectivity index (χ4n) is 0.673. The number of hydrogen-bond donors (Lipinski definition) is 1. The van der Waals surface area contributed by atoms with Crippen molar-refractivity contribution >= 4 is 17.5 Å².